The lowest BCUT2D eigenvalue weighted by Crippen LogP contribution is -2.60. The number of thiazole rings is 1. The molecule has 2 aliphatic rings. The van der Waals surface area contributed by atoms with Crippen molar-refractivity contribution in [3.63, 3.8) is 0 Å². The Hall–Kier alpha value is -3.29. The van der Waals surface area contributed by atoms with Gasteiger partial charge in [-0.05, 0) is 52.9 Å². The van der Waals surface area contributed by atoms with Crippen LogP contribution in [0.5, 0.6) is 0 Å². The zero-order valence-corrected chi connectivity index (χ0v) is 23.8. The standard InChI is InChI=1S/C25H32ClN7O5S/c1-25(2,3)38-24(37)33-10-8-16-18(13-33)39-23(30-16)22(36)29-17-12-32(4)9-7-15(17)28-20(34)21(35)31-19-6-5-14(26)11-27-19/h5-6,11,15,17H,7-10,12-13H2,1-4H3,(H,28,34)(H,29,36)(H,27,31,35)/t15-,17+/m0/s1. The second kappa shape index (κ2) is 11.8. The van der Waals surface area contributed by atoms with E-state index in [0.29, 0.717) is 44.0 Å². The van der Waals surface area contributed by atoms with Crippen LogP contribution in [0.3, 0.4) is 0 Å². The Morgan fingerprint density at radius 2 is 1.87 bits per heavy atom. The van der Waals surface area contributed by atoms with Crippen molar-refractivity contribution in [2.45, 2.75) is 57.8 Å². The Morgan fingerprint density at radius 1 is 1.10 bits per heavy atom. The van der Waals surface area contributed by atoms with Crippen molar-refractivity contribution in [3.8, 4) is 0 Å². The summed E-state index contributed by atoms with van der Waals surface area (Å²) < 4.78 is 5.47. The number of hydrogen-bond acceptors (Lipinski definition) is 9. The van der Waals surface area contributed by atoms with Gasteiger partial charge in [-0.1, -0.05) is 11.6 Å². The lowest BCUT2D eigenvalue weighted by molar-refractivity contribution is -0.136. The van der Waals surface area contributed by atoms with E-state index in [9.17, 15) is 19.2 Å². The third kappa shape index (κ3) is 7.64. The molecule has 0 aliphatic carbocycles. The number of ether oxygens (including phenoxy) is 1. The van der Waals surface area contributed by atoms with Crippen LogP contribution in [0, 0.1) is 0 Å². The van der Waals surface area contributed by atoms with E-state index in [4.69, 9.17) is 16.3 Å². The van der Waals surface area contributed by atoms with E-state index in [0.717, 1.165) is 10.6 Å². The molecular formula is C25H32ClN7O5S. The molecule has 4 rings (SSSR count). The van der Waals surface area contributed by atoms with Gasteiger partial charge in [-0.15, -0.1) is 11.3 Å². The zero-order chi connectivity index (χ0) is 28.3. The molecule has 2 atom stereocenters. The van der Waals surface area contributed by atoms with E-state index in [-0.39, 0.29) is 16.7 Å². The number of likely N-dealkylation sites (tertiary alicyclic amines) is 1. The van der Waals surface area contributed by atoms with Crippen LogP contribution in [0.1, 0.15) is 47.6 Å². The number of fused-ring (bicyclic) bond motifs is 1. The Labute approximate surface area is 235 Å². The van der Waals surface area contributed by atoms with Crippen molar-refractivity contribution >= 4 is 52.6 Å². The topological polar surface area (TPSA) is 146 Å². The molecule has 4 heterocycles. The highest BCUT2D eigenvalue weighted by Crippen LogP contribution is 2.26. The van der Waals surface area contributed by atoms with E-state index in [1.54, 1.807) is 11.0 Å². The third-order valence-electron chi connectivity index (χ3n) is 6.20. The lowest BCUT2D eigenvalue weighted by Gasteiger charge is -2.37. The van der Waals surface area contributed by atoms with Crippen LogP contribution >= 0.6 is 22.9 Å². The van der Waals surface area contributed by atoms with Gasteiger partial charge in [0.2, 0.25) is 0 Å². The van der Waals surface area contributed by atoms with Gasteiger partial charge in [0, 0.05) is 30.6 Å². The predicted octanol–water partition coefficient (Wildman–Crippen LogP) is 2.04. The number of piperidine rings is 1. The number of rotatable bonds is 4. The molecule has 3 N–H and O–H groups in total. The van der Waals surface area contributed by atoms with Crippen LogP contribution in [-0.2, 0) is 27.3 Å². The smallest absolute Gasteiger partial charge is 0.410 e. The molecule has 1 fully saturated rings. The number of nitrogens with zero attached hydrogens (tertiary/aromatic N) is 4. The van der Waals surface area contributed by atoms with Gasteiger partial charge in [0.25, 0.3) is 5.91 Å². The second-order valence-corrected chi connectivity index (χ2v) is 12.1. The van der Waals surface area contributed by atoms with Crippen LogP contribution in [0.25, 0.3) is 0 Å². The number of carbonyl (C=O) groups is 4. The second-order valence-electron chi connectivity index (χ2n) is 10.6. The van der Waals surface area contributed by atoms with Crippen molar-refractivity contribution in [1.29, 1.82) is 0 Å². The highest BCUT2D eigenvalue weighted by Gasteiger charge is 2.34. The molecule has 12 nitrogen and oxygen atoms in total. The number of nitrogens with one attached hydrogen (secondary N) is 3. The Balaban J connectivity index is 1.37. The molecule has 0 aromatic carbocycles. The van der Waals surface area contributed by atoms with Crippen molar-refractivity contribution in [1.82, 2.24) is 30.4 Å². The molecule has 4 amide bonds. The van der Waals surface area contributed by atoms with Crippen LogP contribution in [0.15, 0.2) is 18.3 Å². The van der Waals surface area contributed by atoms with Gasteiger partial charge < -0.3 is 30.5 Å². The fourth-order valence-electron chi connectivity index (χ4n) is 4.30. The average molecular weight is 578 g/mol. The summed E-state index contributed by atoms with van der Waals surface area (Å²) in [6.07, 6.45) is 2.04. The maximum atomic E-state index is 13.2. The minimum absolute atomic E-state index is 0.200. The summed E-state index contributed by atoms with van der Waals surface area (Å²) in [4.78, 5) is 63.6. The Bertz CT molecular complexity index is 1250. The normalized spacial score (nSPS) is 19.6. The highest BCUT2D eigenvalue weighted by molar-refractivity contribution is 7.13. The number of likely N-dealkylation sites (N-methyl/N-ethyl adjacent to an activating group) is 1. The zero-order valence-electron chi connectivity index (χ0n) is 22.2. The average Bonchev–Trinajstić information content (AvgIpc) is 3.29. The largest absolute Gasteiger partial charge is 0.444 e. The molecule has 0 saturated carbocycles. The maximum Gasteiger partial charge on any atom is 0.410 e. The summed E-state index contributed by atoms with van der Waals surface area (Å²) >= 11 is 7.05. The van der Waals surface area contributed by atoms with Crippen molar-refractivity contribution < 1.29 is 23.9 Å². The molecule has 0 spiro atoms. The van der Waals surface area contributed by atoms with Crippen molar-refractivity contribution in [2.24, 2.45) is 0 Å². The predicted molar refractivity (Wildman–Crippen MR) is 146 cm³/mol. The number of aromatic nitrogens is 2. The SMILES string of the molecule is CN1CC[C@H](NC(=O)C(=O)Nc2ccc(Cl)cn2)[C@H](NC(=O)c2nc3c(s2)CN(C(=O)OC(C)(C)C)CC3)C1. The Kier molecular flexibility index (Phi) is 8.72. The molecule has 0 radical (unpaired) electrons. The number of amides is 4. The first-order chi connectivity index (χ1) is 18.4. The first kappa shape index (κ1) is 28.7. The molecule has 1 saturated heterocycles. The van der Waals surface area contributed by atoms with Crippen LogP contribution < -0.4 is 16.0 Å². The quantitative estimate of drug-likeness (QED) is 0.468. The number of carbonyl (C=O) groups excluding carboxylic acids is 4. The van der Waals surface area contributed by atoms with E-state index >= 15 is 0 Å². The van der Waals surface area contributed by atoms with Crippen LogP contribution in [0.2, 0.25) is 5.02 Å². The summed E-state index contributed by atoms with van der Waals surface area (Å²) in [5, 5.41) is 8.85. The summed E-state index contributed by atoms with van der Waals surface area (Å²) in [6, 6.07) is 2.14. The van der Waals surface area contributed by atoms with Gasteiger partial charge in [-0.3, -0.25) is 14.4 Å². The van der Waals surface area contributed by atoms with Gasteiger partial charge in [-0.25, -0.2) is 14.8 Å². The van der Waals surface area contributed by atoms with Gasteiger partial charge in [0.15, 0.2) is 5.01 Å². The number of anilines is 1. The van der Waals surface area contributed by atoms with E-state index in [1.165, 1.54) is 23.6 Å². The van der Waals surface area contributed by atoms with Gasteiger partial charge in [0.1, 0.15) is 11.4 Å². The minimum atomic E-state index is -0.865. The summed E-state index contributed by atoms with van der Waals surface area (Å²) in [6.45, 7) is 7.41. The van der Waals surface area contributed by atoms with Gasteiger partial charge in [0.05, 0.1) is 29.3 Å². The summed E-state index contributed by atoms with van der Waals surface area (Å²) in [7, 11) is 1.92. The van der Waals surface area contributed by atoms with Crippen LogP contribution in [-0.4, -0.2) is 87.9 Å². The van der Waals surface area contributed by atoms with Crippen molar-refractivity contribution in [2.75, 3.05) is 32.0 Å². The molecule has 39 heavy (non-hydrogen) atoms. The molecule has 2 aromatic rings. The van der Waals surface area contributed by atoms with E-state index < -0.39 is 35.6 Å². The third-order valence-corrected chi connectivity index (χ3v) is 7.51. The molecule has 210 valence electrons. The monoisotopic (exact) mass is 577 g/mol. The van der Waals surface area contributed by atoms with E-state index in [1.807, 2.05) is 32.7 Å². The van der Waals surface area contributed by atoms with Gasteiger partial charge in [-0.2, -0.15) is 0 Å². The Morgan fingerprint density at radius 3 is 2.56 bits per heavy atom. The maximum absolute atomic E-state index is 13.2. The lowest BCUT2D eigenvalue weighted by atomic mass is 9.99. The van der Waals surface area contributed by atoms with Crippen LogP contribution in [0.4, 0.5) is 10.6 Å². The minimum Gasteiger partial charge on any atom is -0.444 e. The molecule has 0 unspecified atom stereocenters. The first-order valence-corrected chi connectivity index (χ1v) is 13.8. The highest BCUT2D eigenvalue weighted by atomic mass is 35.5. The van der Waals surface area contributed by atoms with Gasteiger partial charge >= 0.3 is 17.9 Å². The molecular weight excluding hydrogens is 546 g/mol. The number of halogens is 1. The molecule has 14 heteroatoms. The molecule has 2 aliphatic heterocycles. The molecule has 2 aromatic heterocycles. The van der Waals surface area contributed by atoms with Crippen molar-refractivity contribution in [3.05, 3.63) is 38.9 Å². The first-order valence-electron chi connectivity index (χ1n) is 12.6. The summed E-state index contributed by atoms with van der Waals surface area (Å²) in [5.41, 5.74) is 0.200. The summed E-state index contributed by atoms with van der Waals surface area (Å²) in [5.74, 6) is -1.86. The number of pyridine rings is 1. The molecule has 0 bridgehead atoms. The fourth-order valence-corrected chi connectivity index (χ4v) is 5.43. The fraction of sp³-hybridized carbons (Fsp3) is 0.520. The van der Waals surface area contributed by atoms with E-state index in [2.05, 4.69) is 25.9 Å². The number of hydrogen-bond donors (Lipinski definition) is 3.